The number of hydrogen-bond donors (Lipinski definition) is 0. The van der Waals surface area contributed by atoms with Crippen LogP contribution in [-0.4, -0.2) is 34.3 Å². The molecule has 0 bridgehead atoms. The molecule has 0 fully saturated rings. The Hall–Kier alpha value is -2.69. The first-order valence-corrected chi connectivity index (χ1v) is 8.69. The molecule has 4 rings (SSSR count). The third-order valence-electron chi connectivity index (χ3n) is 5.24. The third kappa shape index (κ3) is 2.60. The van der Waals surface area contributed by atoms with Crippen molar-refractivity contribution in [1.82, 2.24) is 9.88 Å². The van der Waals surface area contributed by atoms with Crippen LogP contribution in [0, 0.1) is 0 Å². The van der Waals surface area contributed by atoms with Gasteiger partial charge in [0.25, 0.3) is 5.91 Å². The molecule has 0 N–H and O–H groups in total. The Bertz CT molecular complexity index is 862. The SMILES string of the molecule is CC(=O)N1CCc2c(cncc2C(=O)N2c3ccccc3CC2C)C1. The van der Waals surface area contributed by atoms with Crippen molar-refractivity contribution in [2.45, 2.75) is 39.3 Å². The van der Waals surface area contributed by atoms with Crippen molar-refractivity contribution >= 4 is 17.5 Å². The highest BCUT2D eigenvalue weighted by atomic mass is 16.2. The summed E-state index contributed by atoms with van der Waals surface area (Å²) in [7, 11) is 0. The van der Waals surface area contributed by atoms with E-state index in [9.17, 15) is 9.59 Å². The minimum absolute atomic E-state index is 0.0121. The second-order valence-electron chi connectivity index (χ2n) is 6.87. The highest BCUT2D eigenvalue weighted by molar-refractivity contribution is 6.08. The van der Waals surface area contributed by atoms with Gasteiger partial charge in [-0.15, -0.1) is 0 Å². The molecule has 128 valence electrons. The van der Waals surface area contributed by atoms with Gasteiger partial charge in [-0.25, -0.2) is 0 Å². The van der Waals surface area contributed by atoms with Crippen LogP contribution in [0.3, 0.4) is 0 Å². The smallest absolute Gasteiger partial charge is 0.260 e. The fraction of sp³-hybridized carbons (Fsp3) is 0.350. The van der Waals surface area contributed by atoms with Crippen LogP contribution in [0.2, 0.25) is 0 Å². The zero-order chi connectivity index (χ0) is 17.6. The van der Waals surface area contributed by atoms with Crippen molar-refractivity contribution in [3.05, 3.63) is 58.9 Å². The molecule has 25 heavy (non-hydrogen) atoms. The molecule has 5 nitrogen and oxygen atoms in total. The van der Waals surface area contributed by atoms with E-state index in [4.69, 9.17) is 0 Å². The minimum atomic E-state index is 0.0121. The molecule has 2 amide bonds. The number of benzene rings is 1. The second-order valence-corrected chi connectivity index (χ2v) is 6.87. The number of carbonyl (C=O) groups is 2. The summed E-state index contributed by atoms with van der Waals surface area (Å²) >= 11 is 0. The standard InChI is InChI=1S/C20H21N3O2/c1-13-9-15-5-3-4-6-19(15)23(13)20(25)18-11-21-10-16-12-22(14(2)24)8-7-17(16)18/h3-6,10-11,13H,7-9,12H2,1-2H3. The first-order chi connectivity index (χ1) is 12.1. The van der Waals surface area contributed by atoms with Gasteiger partial charge in [-0.2, -0.15) is 0 Å². The molecule has 1 unspecified atom stereocenters. The van der Waals surface area contributed by atoms with Crippen molar-refractivity contribution < 1.29 is 9.59 Å². The quantitative estimate of drug-likeness (QED) is 0.805. The number of para-hydroxylation sites is 1. The van der Waals surface area contributed by atoms with Crippen molar-refractivity contribution in [3.63, 3.8) is 0 Å². The first kappa shape index (κ1) is 15.8. The van der Waals surface area contributed by atoms with E-state index in [1.54, 1.807) is 24.2 Å². The predicted octanol–water partition coefficient (Wildman–Crippen LogP) is 2.58. The van der Waals surface area contributed by atoms with Crippen LogP contribution in [0.25, 0.3) is 0 Å². The third-order valence-corrected chi connectivity index (χ3v) is 5.24. The Morgan fingerprint density at radius 1 is 1.16 bits per heavy atom. The fourth-order valence-electron chi connectivity index (χ4n) is 3.95. The highest BCUT2D eigenvalue weighted by Gasteiger charge is 2.33. The molecule has 2 aliphatic rings. The van der Waals surface area contributed by atoms with Gasteiger partial charge < -0.3 is 9.80 Å². The Morgan fingerprint density at radius 2 is 1.96 bits per heavy atom. The second kappa shape index (κ2) is 5.99. The monoisotopic (exact) mass is 335 g/mol. The zero-order valence-electron chi connectivity index (χ0n) is 14.5. The van der Waals surface area contributed by atoms with Gasteiger partial charge in [0.1, 0.15) is 0 Å². The maximum Gasteiger partial charge on any atom is 0.260 e. The van der Waals surface area contributed by atoms with E-state index in [-0.39, 0.29) is 17.9 Å². The van der Waals surface area contributed by atoms with Crippen LogP contribution in [0.15, 0.2) is 36.7 Å². The number of pyridine rings is 1. The molecule has 2 aromatic rings. The van der Waals surface area contributed by atoms with E-state index >= 15 is 0 Å². The fourth-order valence-corrected chi connectivity index (χ4v) is 3.95. The zero-order valence-corrected chi connectivity index (χ0v) is 14.5. The van der Waals surface area contributed by atoms with Gasteiger partial charge in [0.05, 0.1) is 5.56 Å². The molecule has 0 radical (unpaired) electrons. The molecular weight excluding hydrogens is 314 g/mol. The van der Waals surface area contributed by atoms with E-state index in [0.717, 1.165) is 23.2 Å². The normalized spacial score (nSPS) is 18.7. The summed E-state index contributed by atoms with van der Waals surface area (Å²) < 4.78 is 0. The summed E-state index contributed by atoms with van der Waals surface area (Å²) in [5, 5.41) is 0. The Kier molecular flexibility index (Phi) is 3.79. The molecular formula is C20H21N3O2. The van der Waals surface area contributed by atoms with Crippen LogP contribution in [0.5, 0.6) is 0 Å². The van der Waals surface area contributed by atoms with Crippen molar-refractivity contribution in [3.8, 4) is 0 Å². The van der Waals surface area contributed by atoms with E-state index in [0.29, 0.717) is 25.1 Å². The van der Waals surface area contributed by atoms with Gasteiger partial charge >= 0.3 is 0 Å². The van der Waals surface area contributed by atoms with Gasteiger partial charge in [0.15, 0.2) is 0 Å². The van der Waals surface area contributed by atoms with Crippen LogP contribution in [-0.2, 0) is 24.2 Å². The first-order valence-electron chi connectivity index (χ1n) is 8.69. The molecule has 0 saturated carbocycles. The number of aromatic nitrogens is 1. The van der Waals surface area contributed by atoms with Gasteiger partial charge in [-0.1, -0.05) is 18.2 Å². The van der Waals surface area contributed by atoms with Crippen LogP contribution < -0.4 is 4.90 Å². The summed E-state index contributed by atoms with van der Waals surface area (Å²) in [5.41, 5.74) is 4.90. The molecule has 3 heterocycles. The Labute approximate surface area is 147 Å². The van der Waals surface area contributed by atoms with Gasteiger partial charge in [-0.05, 0) is 42.5 Å². The van der Waals surface area contributed by atoms with Crippen LogP contribution in [0.4, 0.5) is 5.69 Å². The lowest BCUT2D eigenvalue weighted by atomic mass is 9.96. The van der Waals surface area contributed by atoms with E-state index < -0.39 is 0 Å². The molecule has 0 spiro atoms. The predicted molar refractivity (Wildman–Crippen MR) is 95.4 cm³/mol. The molecule has 1 atom stereocenters. The van der Waals surface area contributed by atoms with E-state index in [1.807, 2.05) is 23.1 Å². The lowest BCUT2D eigenvalue weighted by molar-refractivity contribution is -0.129. The number of rotatable bonds is 1. The molecule has 1 aromatic carbocycles. The van der Waals surface area contributed by atoms with E-state index in [1.165, 1.54) is 5.56 Å². The number of nitrogens with zero attached hydrogens (tertiary/aromatic N) is 3. The number of hydrogen-bond acceptors (Lipinski definition) is 3. The van der Waals surface area contributed by atoms with Gasteiger partial charge in [0, 0.05) is 44.1 Å². The summed E-state index contributed by atoms with van der Waals surface area (Å²) in [6, 6.07) is 8.22. The van der Waals surface area contributed by atoms with Gasteiger partial charge in [0.2, 0.25) is 5.91 Å². The molecule has 5 heteroatoms. The topological polar surface area (TPSA) is 53.5 Å². The average molecular weight is 335 g/mol. The van der Waals surface area contributed by atoms with E-state index in [2.05, 4.69) is 18.0 Å². The average Bonchev–Trinajstić information content (AvgIpc) is 2.95. The number of carbonyl (C=O) groups excluding carboxylic acids is 2. The molecule has 0 aliphatic carbocycles. The summed E-state index contributed by atoms with van der Waals surface area (Å²) in [4.78, 5) is 32.9. The number of fused-ring (bicyclic) bond motifs is 2. The Morgan fingerprint density at radius 3 is 2.76 bits per heavy atom. The lowest BCUT2D eigenvalue weighted by Gasteiger charge is -2.30. The summed E-state index contributed by atoms with van der Waals surface area (Å²) in [6.45, 7) is 4.85. The number of anilines is 1. The molecule has 2 aliphatic heterocycles. The maximum atomic E-state index is 13.3. The minimum Gasteiger partial charge on any atom is -0.338 e. The van der Waals surface area contributed by atoms with Gasteiger partial charge in [-0.3, -0.25) is 14.6 Å². The highest BCUT2D eigenvalue weighted by Crippen LogP contribution is 2.34. The number of amides is 2. The largest absolute Gasteiger partial charge is 0.338 e. The van der Waals surface area contributed by atoms with Crippen molar-refractivity contribution in [2.24, 2.45) is 0 Å². The maximum absolute atomic E-state index is 13.3. The summed E-state index contributed by atoms with van der Waals surface area (Å²) in [6.07, 6.45) is 5.03. The molecule has 1 aromatic heterocycles. The van der Waals surface area contributed by atoms with Crippen molar-refractivity contribution in [1.29, 1.82) is 0 Å². The Balaban J connectivity index is 1.71. The molecule has 0 saturated heterocycles. The summed E-state index contributed by atoms with van der Waals surface area (Å²) in [5.74, 6) is 0.0718. The van der Waals surface area contributed by atoms with Crippen LogP contribution >= 0.6 is 0 Å². The lowest BCUT2D eigenvalue weighted by Crippen LogP contribution is -2.39. The van der Waals surface area contributed by atoms with Crippen LogP contribution in [0.1, 0.15) is 40.9 Å². The van der Waals surface area contributed by atoms with Crippen molar-refractivity contribution in [2.75, 3.05) is 11.4 Å².